The van der Waals surface area contributed by atoms with Crippen LogP contribution in [0.1, 0.15) is 57.1 Å². The van der Waals surface area contributed by atoms with Crippen LogP contribution in [0.4, 0.5) is 5.69 Å². The van der Waals surface area contributed by atoms with E-state index in [-0.39, 0.29) is 11.8 Å². The van der Waals surface area contributed by atoms with Crippen molar-refractivity contribution in [3.05, 3.63) is 82.2 Å². The van der Waals surface area contributed by atoms with Gasteiger partial charge in [0.15, 0.2) is 5.69 Å². The molecule has 31 heavy (non-hydrogen) atoms. The van der Waals surface area contributed by atoms with Crippen LogP contribution in [0.5, 0.6) is 0 Å². The minimum absolute atomic E-state index is 0.0201. The lowest BCUT2D eigenvalue weighted by Gasteiger charge is -2.18. The van der Waals surface area contributed by atoms with Crippen molar-refractivity contribution in [1.29, 1.82) is 0 Å². The third-order valence-electron chi connectivity index (χ3n) is 5.40. The first-order valence-electron chi connectivity index (χ1n) is 10.6. The number of carbonyl (C=O) groups excluding carboxylic acids is 2. The average molecular weight is 418 g/mol. The van der Waals surface area contributed by atoms with Gasteiger partial charge < -0.3 is 14.7 Å². The van der Waals surface area contributed by atoms with Gasteiger partial charge in [-0.1, -0.05) is 48.8 Å². The van der Waals surface area contributed by atoms with Gasteiger partial charge >= 0.3 is 0 Å². The second-order valence-electron chi connectivity index (χ2n) is 8.50. The van der Waals surface area contributed by atoms with Crippen molar-refractivity contribution in [2.24, 2.45) is 5.92 Å². The van der Waals surface area contributed by atoms with E-state index in [1.54, 1.807) is 6.07 Å². The lowest BCUT2D eigenvalue weighted by atomic mass is 10.1. The Morgan fingerprint density at radius 3 is 2.77 bits per heavy atom. The average Bonchev–Trinajstić information content (AvgIpc) is 3.37. The van der Waals surface area contributed by atoms with Crippen LogP contribution >= 0.6 is 0 Å². The van der Waals surface area contributed by atoms with Gasteiger partial charge in [-0.15, -0.1) is 0 Å². The summed E-state index contributed by atoms with van der Waals surface area (Å²) < 4.78 is 5.24. The van der Waals surface area contributed by atoms with Gasteiger partial charge in [0.05, 0.1) is 0 Å². The summed E-state index contributed by atoms with van der Waals surface area (Å²) in [6.45, 7) is 7.22. The second kappa shape index (κ2) is 8.76. The fraction of sp³-hybridized carbons (Fsp3) is 0.320. The number of anilines is 1. The molecule has 0 atom stereocenters. The number of nitrogens with zero attached hydrogens (tertiary/aromatic N) is 2. The van der Waals surface area contributed by atoms with Crippen LogP contribution in [0.15, 0.2) is 53.1 Å². The third-order valence-corrected chi connectivity index (χ3v) is 5.40. The second-order valence-corrected chi connectivity index (χ2v) is 8.50. The fourth-order valence-corrected chi connectivity index (χ4v) is 3.90. The van der Waals surface area contributed by atoms with Gasteiger partial charge in [0.2, 0.25) is 0 Å². The van der Waals surface area contributed by atoms with E-state index in [1.165, 1.54) is 0 Å². The molecule has 6 heteroatoms. The van der Waals surface area contributed by atoms with Gasteiger partial charge in [-0.05, 0) is 48.6 Å². The molecule has 1 aliphatic rings. The molecule has 1 aromatic heterocycles. The number of rotatable bonds is 6. The molecule has 160 valence electrons. The summed E-state index contributed by atoms with van der Waals surface area (Å²) in [4.78, 5) is 27.2. The molecule has 0 fully saturated rings. The normalized spacial score (nSPS) is 12.8. The molecule has 0 aliphatic carbocycles. The number of hydrogen-bond acceptors (Lipinski definition) is 4. The highest BCUT2D eigenvalue weighted by molar-refractivity contribution is 6.07. The Labute approximate surface area is 182 Å². The van der Waals surface area contributed by atoms with E-state index in [4.69, 9.17) is 4.52 Å². The summed E-state index contributed by atoms with van der Waals surface area (Å²) in [5.41, 5.74) is 5.12. The first kappa shape index (κ1) is 20.8. The summed E-state index contributed by atoms with van der Waals surface area (Å²) in [5, 5.41) is 6.77. The minimum atomic E-state index is -0.254. The summed E-state index contributed by atoms with van der Waals surface area (Å²) in [5.74, 6) is 0.922. The number of hydrogen-bond donors (Lipinski definition) is 1. The molecule has 2 amide bonds. The summed E-state index contributed by atoms with van der Waals surface area (Å²) in [6.07, 6.45) is 1.55. The van der Waals surface area contributed by atoms with E-state index in [9.17, 15) is 9.59 Å². The monoisotopic (exact) mass is 417 g/mol. The van der Waals surface area contributed by atoms with Gasteiger partial charge in [0.1, 0.15) is 5.76 Å². The number of amides is 2. The van der Waals surface area contributed by atoms with Crippen molar-refractivity contribution >= 4 is 17.5 Å². The molecule has 0 spiro atoms. The highest BCUT2D eigenvalue weighted by Crippen LogP contribution is 2.30. The minimum Gasteiger partial charge on any atom is -0.361 e. The number of benzene rings is 2. The zero-order valence-corrected chi connectivity index (χ0v) is 18.1. The maximum atomic E-state index is 12.9. The highest BCUT2D eigenvalue weighted by atomic mass is 16.5. The Morgan fingerprint density at radius 1 is 1.16 bits per heavy atom. The molecule has 0 radical (unpaired) electrons. The number of carbonyl (C=O) groups is 2. The lowest BCUT2D eigenvalue weighted by Crippen LogP contribution is -2.28. The van der Waals surface area contributed by atoms with Crippen molar-refractivity contribution in [3.8, 4) is 0 Å². The SMILES string of the molecule is Cc1cccc(C(=O)N2CCc3cc(CNC(=O)c4cc(CC(C)C)on4)ccc32)c1. The Morgan fingerprint density at radius 2 is 2.00 bits per heavy atom. The predicted octanol–water partition coefficient (Wildman–Crippen LogP) is 4.31. The standard InChI is InChI=1S/C25H27N3O3/c1-16(2)11-21-14-22(27-31-21)24(29)26-15-18-7-8-23-19(13-18)9-10-28(23)25(30)20-6-4-5-17(3)12-20/h4-8,12-14,16H,9-11,15H2,1-3H3,(H,26,29). The van der Waals surface area contributed by atoms with E-state index < -0.39 is 0 Å². The first-order chi connectivity index (χ1) is 14.9. The van der Waals surface area contributed by atoms with Gasteiger partial charge in [-0.3, -0.25) is 9.59 Å². The lowest BCUT2D eigenvalue weighted by molar-refractivity contribution is 0.0940. The molecular weight excluding hydrogens is 390 g/mol. The Bertz CT molecular complexity index is 1120. The van der Waals surface area contributed by atoms with E-state index in [0.717, 1.165) is 41.0 Å². The molecule has 2 aromatic carbocycles. The Hall–Kier alpha value is -3.41. The molecule has 2 heterocycles. The van der Waals surface area contributed by atoms with Crippen LogP contribution in [0.2, 0.25) is 0 Å². The molecule has 4 rings (SSSR count). The zero-order valence-electron chi connectivity index (χ0n) is 18.1. The van der Waals surface area contributed by atoms with Crippen molar-refractivity contribution in [1.82, 2.24) is 10.5 Å². The van der Waals surface area contributed by atoms with Gasteiger partial charge in [0.25, 0.3) is 11.8 Å². The maximum absolute atomic E-state index is 12.9. The topological polar surface area (TPSA) is 75.4 Å². The van der Waals surface area contributed by atoms with Crippen molar-refractivity contribution in [3.63, 3.8) is 0 Å². The predicted molar refractivity (Wildman–Crippen MR) is 119 cm³/mol. The molecule has 1 N–H and O–H groups in total. The smallest absolute Gasteiger partial charge is 0.273 e. The van der Waals surface area contributed by atoms with Crippen molar-refractivity contribution < 1.29 is 14.1 Å². The largest absolute Gasteiger partial charge is 0.361 e. The summed E-state index contributed by atoms with van der Waals surface area (Å²) in [7, 11) is 0. The zero-order chi connectivity index (χ0) is 22.0. The molecule has 0 saturated heterocycles. The molecule has 0 saturated carbocycles. The van der Waals surface area contributed by atoms with E-state index in [2.05, 4.69) is 30.4 Å². The molecule has 0 bridgehead atoms. The van der Waals surface area contributed by atoms with Crippen LogP contribution in [0, 0.1) is 12.8 Å². The Balaban J connectivity index is 1.40. The first-order valence-corrected chi connectivity index (χ1v) is 10.6. The highest BCUT2D eigenvalue weighted by Gasteiger charge is 2.26. The molecule has 0 unspecified atom stereocenters. The van der Waals surface area contributed by atoms with Crippen molar-refractivity contribution in [2.45, 2.75) is 40.2 Å². The summed E-state index contributed by atoms with van der Waals surface area (Å²) >= 11 is 0. The van der Waals surface area contributed by atoms with Crippen LogP contribution in [-0.4, -0.2) is 23.5 Å². The van der Waals surface area contributed by atoms with Gasteiger partial charge in [-0.25, -0.2) is 0 Å². The number of nitrogens with one attached hydrogen (secondary N) is 1. The van der Waals surface area contributed by atoms with E-state index >= 15 is 0 Å². The molecular formula is C25H27N3O3. The van der Waals surface area contributed by atoms with Crippen LogP contribution in [0.3, 0.4) is 0 Å². The number of fused-ring (bicyclic) bond motifs is 1. The van der Waals surface area contributed by atoms with Crippen LogP contribution in [0.25, 0.3) is 0 Å². The van der Waals surface area contributed by atoms with E-state index in [0.29, 0.717) is 30.3 Å². The van der Waals surface area contributed by atoms with Crippen LogP contribution < -0.4 is 10.2 Å². The number of aryl methyl sites for hydroxylation is 1. The quantitative estimate of drug-likeness (QED) is 0.648. The van der Waals surface area contributed by atoms with Gasteiger partial charge in [-0.2, -0.15) is 0 Å². The van der Waals surface area contributed by atoms with E-state index in [1.807, 2.05) is 48.2 Å². The third kappa shape index (κ3) is 4.68. The van der Waals surface area contributed by atoms with Crippen LogP contribution in [-0.2, 0) is 19.4 Å². The fourth-order valence-electron chi connectivity index (χ4n) is 3.90. The number of aromatic nitrogens is 1. The van der Waals surface area contributed by atoms with Crippen molar-refractivity contribution in [2.75, 3.05) is 11.4 Å². The summed E-state index contributed by atoms with van der Waals surface area (Å²) in [6, 6.07) is 15.3. The van der Waals surface area contributed by atoms with Gasteiger partial charge in [0, 0.05) is 36.8 Å². The maximum Gasteiger partial charge on any atom is 0.273 e. The molecule has 1 aliphatic heterocycles. The molecule has 6 nitrogen and oxygen atoms in total. The molecule has 3 aromatic rings. The Kier molecular flexibility index (Phi) is 5.89.